The molecule has 1 atom stereocenters. The summed E-state index contributed by atoms with van der Waals surface area (Å²) >= 11 is 0. The van der Waals surface area contributed by atoms with Gasteiger partial charge in [0.05, 0.1) is 12.7 Å². The Morgan fingerprint density at radius 1 is 1.40 bits per heavy atom. The summed E-state index contributed by atoms with van der Waals surface area (Å²) in [4.78, 5) is 47.7. The number of H-pyrrole nitrogens is 1. The molecule has 1 aliphatic heterocycles. The van der Waals surface area contributed by atoms with E-state index in [0.717, 1.165) is 0 Å². The Hall–Kier alpha value is -3.11. The second kappa shape index (κ2) is 6.17. The lowest BCUT2D eigenvalue weighted by molar-refractivity contribution is -0.141. The molecule has 1 fully saturated rings. The number of carbonyl (C=O) groups excluding carboxylic acids is 3. The van der Waals surface area contributed by atoms with Gasteiger partial charge in [0.1, 0.15) is 11.7 Å². The zero-order valence-electron chi connectivity index (χ0n) is 10.0. The first-order valence-corrected chi connectivity index (χ1v) is 5.23. The lowest BCUT2D eigenvalue weighted by atomic mass is 10.2. The van der Waals surface area contributed by atoms with Crippen molar-refractivity contribution in [3.05, 3.63) is 12.0 Å². The molecule has 2 heterocycles. The Labute approximate surface area is 111 Å². The van der Waals surface area contributed by atoms with E-state index in [4.69, 9.17) is 16.6 Å². The number of hydrogen-bond donors (Lipinski definition) is 6. The second-order valence-corrected chi connectivity index (χ2v) is 3.64. The normalized spacial score (nSPS) is 17.3. The number of rotatable bonds is 2. The number of aliphatic carboxylic acids is 1. The van der Waals surface area contributed by atoms with Crippen LogP contribution in [0.3, 0.4) is 0 Å². The molecule has 1 saturated heterocycles. The molecule has 2 rings (SSSR count). The number of carbonyl (C=O) groups is 4. The van der Waals surface area contributed by atoms with Gasteiger partial charge in [0, 0.05) is 0 Å². The number of imidazole rings is 1. The lowest BCUT2D eigenvalue weighted by Gasteiger charge is -2.18. The Morgan fingerprint density at radius 3 is 2.40 bits per heavy atom. The lowest BCUT2D eigenvalue weighted by Crippen LogP contribution is -2.55. The van der Waals surface area contributed by atoms with Crippen molar-refractivity contribution >= 4 is 29.6 Å². The van der Waals surface area contributed by atoms with Crippen LogP contribution in [0.4, 0.5) is 10.6 Å². The van der Waals surface area contributed by atoms with E-state index in [1.54, 1.807) is 0 Å². The number of anilines is 1. The number of amides is 4. The van der Waals surface area contributed by atoms with Gasteiger partial charge in [-0.05, 0) is 0 Å². The first-order chi connectivity index (χ1) is 9.31. The summed E-state index contributed by atoms with van der Waals surface area (Å²) in [5.74, 6) is -2.22. The third kappa shape index (κ3) is 3.97. The highest BCUT2D eigenvalue weighted by atomic mass is 16.4. The molecule has 11 heteroatoms. The van der Waals surface area contributed by atoms with Gasteiger partial charge >= 0.3 is 12.0 Å². The number of nitrogens with two attached hydrogens (primary N) is 2. The minimum atomic E-state index is -1.20. The summed E-state index contributed by atoms with van der Waals surface area (Å²) in [6, 6.07) is -1.84. The first-order valence-electron chi connectivity index (χ1n) is 5.23. The maximum atomic E-state index is 10.6. The van der Waals surface area contributed by atoms with E-state index in [2.05, 4.69) is 15.3 Å². The molecule has 0 radical (unpaired) electrons. The molecule has 1 unspecified atom stereocenters. The van der Waals surface area contributed by atoms with Crippen molar-refractivity contribution in [2.45, 2.75) is 12.5 Å². The highest BCUT2D eigenvalue weighted by molar-refractivity contribution is 6.01. The molecule has 108 valence electrons. The van der Waals surface area contributed by atoms with Gasteiger partial charge in [-0.1, -0.05) is 0 Å². The van der Waals surface area contributed by atoms with Crippen molar-refractivity contribution in [2.75, 3.05) is 5.73 Å². The van der Waals surface area contributed by atoms with Crippen LogP contribution < -0.4 is 22.1 Å². The molecule has 8 N–H and O–H groups in total. The minimum absolute atomic E-state index is 0.141. The van der Waals surface area contributed by atoms with Crippen molar-refractivity contribution < 1.29 is 24.3 Å². The highest BCUT2D eigenvalue weighted by Crippen LogP contribution is 2.00. The van der Waals surface area contributed by atoms with E-state index < -0.39 is 29.9 Å². The number of imide groups is 1. The molecule has 0 spiro atoms. The zero-order chi connectivity index (χ0) is 15.3. The maximum absolute atomic E-state index is 10.6. The number of nitrogens with one attached hydrogen (secondary N) is 3. The largest absolute Gasteiger partial charge is 0.480 e. The van der Waals surface area contributed by atoms with Gasteiger partial charge in [0.15, 0.2) is 5.82 Å². The number of hydrogen-bond acceptors (Lipinski definition) is 6. The smallest absolute Gasteiger partial charge is 0.326 e. The third-order valence-electron chi connectivity index (χ3n) is 2.16. The predicted octanol–water partition coefficient (Wildman–Crippen LogP) is -2.24. The van der Waals surface area contributed by atoms with Crippen LogP contribution in [-0.2, 0) is 9.59 Å². The number of carboxylic acid groups (broad SMARTS) is 1. The van der Waals surface area contributed by atoms with E-state index in [-0.39, 0.29) is 17.9 Å². The van der Waals surface area contributed by atoms with E-state index in [1.807, 2.05) is 5.32 Å². The fourth-order valence-corrected chi connectivity index (χ4v) is 1.26. The van der Waals surface area contributed by atoms with Crippen LogP contribution in [0, 0.1) is 0 Å². The summed E-state index contributed by atoms with van der Waals surface area (Å²) in [6.07, 6.45) is 1.11. The number of carboxylic acids is 1. The van der Waals surface area contributed by atoms with Crippen LogP contribution in [0.15, 0.2) is 6.33 Å². The van der Waals surface area contributed by atoms with Gasteiger partial charge in [-0.15, -0.1) is 0 Å². The van der Waals surface area contributed by atoms with Crippen LogP contribution in [0.25, 0.3) is 0 Å². The van der Waals surface area contributed by atoms with Gasteiger partial charge in [0.25, 0.3) is 5.91 Å². The van der Waals surface area contributed by atoms with Crippen molar-refractivity contribution in [1.29, 1.82) is 0 Å². The van der Waals surface area contributed by atoms with Gasteiger partial charge in [-0.2, -0.15) is 0 Å². The standard InChI is InChI=1S/C5H6N2O4.C4H6N4O/c8-3-1-2(4(9)10)6-5(11)7-3;5-3-2(4(6)9)7-1-8-3/h2H,1H2,(H,9,10)(H2,6,7,8,11);1H,5H2,(H2,6,9)(H,7,8). The zero-order valence-corrected chi connectivity index (χ0v) is 10.0. The van der Waals surface area contributed by atoms with E-state index >= 15 is 0 Å². The minimum Gasteiger partial charge on any atom is -0.480 e. The molecule has 0 bridgehead atoms. The van der Waals surface area contributed by atoms with Crippen LogP contribution >= 0.6 is 0 Å². The number of primary amides is 1. The van der Waals surface area contributed by atoms with E-state index in [1.165, 1.54) is 6.33 Å². The Morgan fingerprint density at radius 2 is 2.05 bits per heavy atom. The molecule has 11 nitrogen and oxygen atoms in total. The van der Waals surface area contributed by atoms with Gasteiger partial charge in [0.2, 0.25) is 5.91 Å². The number of urea groups is 1. The number of aromatic nitrogens is 2. The highest BCUT2D eigenvalue weighted by Gasteiger charge is 2.28. The molecular weight excluding hydrogens is 272 g/mol. The van der Waals surface area contributed by atoms with Crippen molar-refractivity contribution in [3.63, 3.8) is 0 Å². The van der Waals surface area contributed by atoms with Crippen LogP contribution in [0.5, 0.6) is 0 Å². The molecule has 1 aromatic heterocycles. The number of aromatic amines is 1. The summed E-state index contributed by atoms with van der Waals surface area (Å²) in [7, 11) is 0. The number of nitrogens with zero attached hydrogens (tertiary/aromatic N) is 1. The van der Waals surface area contributed by atoms with Crippen LogP contribution in [0.1, 0.15) is 16.9 Å². The monoisotopic (exact) mass is 284 g/mol. The molecule has 1 aromatic rings. The van der Waals surface area contributed by atoms with E-state index in [0.29, 0.717) is 0 Å². The Balaban J connectivity index is 0.000000204. The SMILES string of the molecule is NC(=O)c1[nH]cnc1N.O=C1CC(C(=O)O)NC(=O)N1. The van der Waals surface area contributed by atoms with Crippen LogP contribution in [0.2, 0.25) is 0 Å². The Kier molecular flexibility index (Phi) is 4.61. The average molecular weight is 284 g/mol. The number of nitrogen functional groups attached to an aromatic ring is 1. The summed E-state index contributed by atoms with van der Waals surface area (Å²) in [5, 5.41) is 12.4. The fraction of sp³-hybridized carbons (Fsp3) is 0.222. The predicted molar refractivity (Wildman–Crippen MR) is 64.2 cm³/mol. The van der Waals surface area contributed by atoms with Gasteiger partial charge < -0.3 is 26.9 Å². The molecule has 4 amide bonds. The summed E-state index contributed by atoms with van der Waals surface area (Å²) < 4.78 is 0. The third-order valence-corrected chi connectivity index (χ3v) is 2.16. The first kappa shape index (κ1) is 14.9. The van der Waals surface area contributed by atoms with Gasteiger partial charge in [-0.3, -0.25) is 14.9 Å². The molecule has 1 aliphatic rings. The fourth-order valence-electron chi connectivity index (χ4n) is 1.26. The second-order valence-electron chi connectivity index (χ2n) is 3.64. The summed E-state index contributed by atoms with van der Waals surface area (Å²) in [5.41, 5.74) is 10.2. The quantitative estimate of drug-likeness (QED) is 0.353. The average Bonchev–Trinajstić information content (AvgIpc) is 2.75. The molecule has 0 saturated carbocycles. The molecule has 0 aromatic carbocycles. The van der Waals surface area contributed by atoms with Crippen LogP contribution in [-0.4, -0.2) is 44.9 Å². The molecular formula is C9H12N6O5. The molecule has 0 aliphatic carbocycles. The maximum Gasteiger partial charge on any atom is 0.326 e. The summed E-state index contributed by atoms with van der Waals surface area (Å²) in [6.45, 7) is 0. The van der Waals surface area contributed by atoms with Crippen molar-refractivity contribution in [1.82, 2.24) is 20.6 Å². The van der Waals surface area contributed by atoms with Crippen molar-refractivity contribution in [2.24, 2.45) is 5.73 Å². The Bertz CT molecular complexity index is 537. The van der Waals surface area contributed by atoms with Crippen molar-refractivity contribution in [3.8, 4) is 0 Å². The topological polar surface area (TPSA) is 193 Å². The van der Waals surface area contributed by atoms with Gasteiger partial charge in [-0.25, -0.2) is 14.6 Å². The molecule has 20 heavy (non-hydrogen) atoms. The van der Waals surface area contributed by atoms with E-state index in [9.17, 15) is 19.2 Å².